The van der Waals surface area contributed by atoms with Gasteiger partial charge in [-0.05, 0) is 156 Å². The third-order valence-electron chi connectivity index (χ3n) is 14.1. The van der Waals surface area contributed by atoms with Gasteiger partial charge in [0.2, 0.25) is 0 Å². The van der Waals surface area contributed by atoms with Crippen molar-refractivity contribution < 1.29 is 0 Å². The number of rotatable bonds is 10. The largest absolute Gasteiger partial charge is 0.310 e. The maximum Gasteiger partial charge on any atom is 0.195 e. The number of hydrogen-bond acceptors (Lipinski definition) is 3. The van der Waals surface area contributed by atoms with Gasteiger partial charge in [0, 0.05) is 67.0 Å². The van der Waals surface area contributed by atoms with E-state index in [9.17, 15) is 5.26 Å². The fourth-order valence-corrected chi connectivity index (χ4v) is 10.8. The predicted octanol–water partition coefficient (Wildman–Crippen LogP) is 18.6. The number of aromatic nitrogens is 2. The Labute approximate surface area is 429 Å². The molecule has 2 aromatic heterocycles. The summed E-state index contributed by atoms with van der Waals surface area (Å²) in [7, 11) is 0. The lowest BCUT2D eigenvalue weighted by Crippen LogP contribution is -2.09. The highest BCUT2D eigenvalue weighted by Crippen LogP contribution is 2.43. The Kier molecular flexibility index (Phi) is 10.8. The van der Waals surface area contributed by atoms with Crippen LogP contribution in [-0.2, 0) is 0 Å². The minimum atomic E-state index is 0.486. The first-order chi connectivity index (χ1) is 36.6. The smallest absolute Gasteiger partial charge is 0.195 e. The van der Waals surface area contributed by atoms with Gasteiger partial charge in [0.1, 0.15) is 0 Å². The molecular formula is C68H44N6. The number of para-hydroxylation sites is 6. The molecule has 2 heterocycles. The summed E-state index contributed by atoms with van der Waals surface area (Å²) in [5.41, 5.74) is 17.0. The van der Waals surface area contributed by atoms with Crippen LogP contribution in [-0.4, -0.2) is 9.13 Å². The molecular weight excluding hydrogens is 901 g/mol. The molecule has 0 radical (unpaired) electrons. The van der Waals surface area contributed by atoms with E-state index in [0.717, 1.165) is 111 Å². The van der Waals surface area contributed by atoms with E-state index in [1.807, 2.05) is 36.4 Å². The van der Waals surface area contributed by atoms with Gasteiger partial charge in [-0.15, -0.1) is 0 Å². The second kappa shape index (κ2) is 18.4. The molecule has 0 aliphatic carbocycles. The van der Waals surface area contributed by atoms with E-state index < -0.39 is 0 Å². The summed E-state index contributed by atoms with van der Waals surface area (Å²) in [4.78, 5) is 8.62. The van der Waals surface area contributed by atoms with E-state index in [0.29, 0.717) is 11.3 Å². The Morgan fingerprint density at radius 1 is 0.338 bits per heavy atom. The molecule has 74 heavy (non-hydrogen) atoms. The van der Waals surface area contributed by atoms with E-state index in [-0.39, 0.29) is 0 Å². The van der Waals surface area contributed by atoms with E-state index in [1.165, 1.54) is 0 Å². The second-order valence-electron chi connectivity index (χ2n) is 18.4. The van der Waals surface area contributed by atoms with Crippen LogP contribution in [0.3, 0.4) is 0 Å². The molecule has 0 aliphatic rings. The van der Waals surface area contributed by atoms with Gasteiger partial charge in [-0.2, -0.15) is 5.26 Å². The van der Waals surface area contributed by atoms with Gasteiger partial charge in [-0.3, -0.25) is 0 Å². The molecule has 13 aromatic rings. The lowest BCUT2D eigenvalue weighted by atomic mass is 9.93. The lowest BCUT2D eigenvalue weighted by Gasteiger charge is -2.25. The Morgan fingerprint density at radius 3 is 1.09 bits per heavy atom. The zero-order chi connectivity index (χ0) is 49.5. The van der Waals surface area contributed by atoms with Crippen molar-refractivity contribution >= 4 is 83.4 Å². The average molecular weight is 945 g/mol. The summed E-state index contributed by atoms with van der Waals surface area (Å²) in [6, 6.07) is 95.2. The van der Waals surface area contributed by atoms with Crippen LogP contribution < -0.4 is 9.80 Å². The van der Waals surface area contributed by atoms with Gasteiger partial charge in [0.25, 0.3) is 0 Å². The Bertz CT molecular complexity index is 3940. The van der Waals surface area contributed by atoms with Crippen molar-refractivity contribution in [2.24, 2.45) is 0 Å². The van der Waals surface area contributed by atoms with Crippen molar-refractivity contribution in [2.45, 2.75) is 0 Å². The molecule has 0 spiro atoms. The molecule has 0 N–H and O–H groups in total. The molecule has 6 nitrogen and oxygen atoms in total. The fraction of sp³-hybridized carbons (Fsp3) is 0. The zero-order valence-electron chi connectivity index (χ0n) is 40.1. The standard InChI is InChI=1S/C68H44N6/c1-70-64-45-60(47-30-34-54(35-31-47)73-65-28-16-14-26-58(65)62-43-56(38-40-67(62)73)71(50-18-6-2-7-19-50)51-20-8-3-9-21-51)49(46-69)42-61(64)48-32-36-55(37-33-48)74-66-29-17-15-27-59(66)63-44-57(39-41-68(63)74)72(52-22-10-4-11-23-52)53-24-12-5-13-25-53/h2-45H. The SMILES string of the molecule is [C-]#[N+]c1cc(-c2ccc(-n3c4ccccc4c4cc(N(c5ccccc5)c5ccccc5)ccc43)cc2)c(C#N)cc1-c1ccc(-n2c3ccccc3c3cc(N(c4ccccc4)c4ccccc4)ccc32)cc1. The van der Waals surface area contributed by atoms with Crippen LogP contribution in [0.15, 0.2) is 267 Å². The summed E-state index contributed by atoms with van der Waals surface area (Å²) in [6.45, 7) is 8.36. The summed E-state index contributed by atoms with van der Waals surface area (Å²) in [5.74, 6) is 0. The summed E-state index contributed by atoms with van der Waals surface area (Å²) < 4.78 is 4.61. The van der Waals surface area contributed by atoms with Gasteiger partial charge in [-0.25, -0.2) is 4.85 Å². The molecule has 11 aromatic carbocycles. The number of nitriles is 1. The first-order valence-electron chi connectivity index (χ1n) is 24.7. The molecule has 6 heteroatoms. The van der Waals surface area contributed by atoms with Crippen molar-refractivity contribution in [2.75, 3.05) is 9.80 Å². The first kappa shape index (κ1) is 43.6. The maximum absolute atomic E-state index is 10.7. The van der Waals surface area contributed by atoms with Crippen LogP contribution in [0.5, 0.6) is 0 Å². The Morgan fingerprint density at radius 2 is 0.703 bits per heavy atom. The highest BCUT2D eigenvalue weighted by atomic mass is 15.1. The van der Waals surface area contributed by atoms with E-state index in [4.69, 9.17) is 6.57 Å². The van der Waals surface area contributed by atoms with Crippen LogP contribution in [0.25, 0.3) is 82.1 Å². The molecule has 0 atom stereocenters. The Balaban J connectivity index is 0.833. The number of anilines is 6. The van der Waals surface area contributed by atoms with Gasteiger partial charge in [0.05, 0.1) is 40.3 Å². The van der Waals surface area contributed by atoms with Crippen LogP contribution in [0.4, 0.5) is 39.8 Å². The molecule has 0 saturated heterocycles. The van der Waals surface area contributed by atoms with Crippen molar-refractivity contribution in [3.05, 3.63) is 284 Å². The van der Waals surface area contributed by atoms with Crippen molar-refractivity contribution in [1.82, 2.24) is 9.13 Å². The van der Waals surface area contributed by atoms with Crippen molar-refractivity contribution in [1.29, 1.82) is 5.26 Å². The molecule has 0 bridgehead atoms. The highest BCUT2D eigenvalue weighted by molar-refractivity contribution is 6.12. The molecule has 0 amide bonds. The van der Waals surface area contributed by atoms with E-state index in [1.54, 1.807) is 0 Å². The Hall–Kier alpha value is -10.4. The third-order valence-corrected chi connectivity index (χ3v) is 14.1. The predicted molar refractivity (Wildman–Crippen MR) is 306 cm³/mol. The van der Waals surface area contributed by atoms with Crippen LogP contribution in [0, 0.1) is 17.9 Å². The number of fused-ring (bicyclic) bond motifs is 6. The molecule has 0 aliphatic heterocycles. The van der Waals surface area contributed by atoms with Gasteiger partial charge in [-0.1, -0.05) is 133 Å². The molecule has 0 fully saturated rings. The summed E-state index contributed by atoms with van der Waals surface area (Å²) >= 11 is 0. The monoisotopic (exact) mass is 944 g/mol. The van der Waals surface area contributed by atoms with Crippen molar-refractivity contribution in [3.8, 4) is 39.7 Å². The normalized spacial score (nSPS) is 11.2. The maximum atomic E-state index is 10.7. The fourth-order valence-electron chi connectivity index (χ4n) is 10.8. The summed E-state index contributed by atoms with van der Waals surface area (Å²) in [6.07, 6.45) is 0. The van der Waals surface area contributed by atoms with E-state index in [2.05, 4.69) is 260 Å². The molecule has 0 saturated carbocycles. The highest BCUT2D eigenvalue weighted by Gasteiger charge is 2.21. The number of hydrogen-bond donors (Lipinski definition) is 0. The molecule has 0 unspecified atom stereocenters. The second-order valence-corrected chi connectivity index (χ2v) is 18.4. The molecule has 13 rings (SSSR count). The lowest BCUT2D eigenvalue weighted by molar-refractivity contribution is 1.18. The number of nitrogens with zero attached hydrogens (tertiary/aromatic N) is 6. The minimum absolute atomic E-state index is 0.486. The van der Waals surface area contributed by atoms with Gasteiger partial charge >= 0.3 is 0 Å². The topological polar surface area (TPSA) is 44.5 Å². The third kappa shape index (κ3) is 7.51. The number of benzene rings is 11. The molecule has 346 valence electrons. The van der Waals surface area contributed by atoms with Crippen LogP contribution >= 0.6 is 0 Å². The van der Waals surface area contributed by atoms with Gasteiger partial charge in [0.15, 0.2) is 5.69 Å². The quantitative estimate of drug-likeness (QED) is 0.128. The summed E-state index contributed by atoms with van der Waals surface area (Å²) in [5, 5.41) is 15.3. The zero-order valence-corrected chi connectivity index (χ0v) is 40.1. The first-order valence-corrected chi connectivity index (χ1v) is 24.7. The van der Waals surface area contributed by atoms with Crippen LogP contribution in [0.2, 0.25) is 0 Å². The van der Waals surface area contributed by atoms with Gasteiger partial charge < -0.3 is 18.9 Å². The van der Waals surface area contributed by atoms with Crippen molar-refractivity contribution in [3.63, 3.8) is 0 Å². The average Bonchev–Trinajstić information content (AvgIpc) is 3.98. The van der Waals surface area contributed by atoms with Crippen LogP contribution in [0.1, 0.15) is 5.56 Å². The van der Waals surface area contributed by atoms with E-state index >= 15 is 0 Å². The minimum Gasteiger partial charge on any atom is -0.310 e.